The molecule has 2 N–H and O–H groups in total. The quantitative estimate of drug-likeness (QED) is 0.884. The van der Waals surface area contributed by atoms with Gasteiger partial charge in [0.25, 0.3) is 0 Å². The van der Waals surface area contributed by atoms with Gasteiger partial charge in [0, 0.05) is 35.9 Å². The summed E-state index contributed by atoms with van der Waals surface area (Å²) in [5.41, 5.74) is 7.56. The van der Waals surface area contributed by atoms with Crippen LogP contribution in [0.25, 0.3) is 0 Å². The standard InChI is InChI=1S/C12H12ClN3/c13-11-3-1-9(2-4-11)5-12-15-7-10(6-14)8-16-12/h1-4,7-8H,5-6,14H2. The summed E-state index contributed by atoms with van der Waals surface area (Å²) in [6.45, 7) is 0.473. The second-order valence-electron chi connectivity index (χ2n) is 3.51. The van der Waals surface area contributed by atoms with Crippen LogP contribution in [0.1, 0.15) is 17.0 Å². The van der Waals surface area contributed by atoms with Gasteiger partial charge >= 0.3 is 0 Å². The number of rotatable bonds is 3. The smallest absolute Gasteiger partial charge is 0.132 e. The fraction of sp³-hybridized carbons (Fsp3) is 0.167. The molecule has 0 saturated heterocycles. The molecule has 0 radical (unpaired) electrons. The first-order chi connectivity index (χ1) is 7.78. The molecule has 0 amide bonds. The molecule has 2 aromatic rings. The summed E-state index contributed by atoms with van der Waals surface area (Å²) in [5, 5.41) is 0.739. The molecule has 3 nitrogen and oxygen atoms in total. The van der Waals surface area contributed by atoms with Crippen molar-refractivity contribution in [3.05, 3.63) is 58.6 Å². The Morgan fingerprint density at radius 1 is 1.00 bits per heavy atom. The summed E-state index contributed by atoms with van der Waals surface area (Å²) in [5.74, 6) is 0.791. The third kappa shape index (κ3) is 2.78. The molecule has 2 rings (SSSR count). The maximum atomic E-state index is 5.81. The molecule has 1 aromatic carbocycles. The molecule has 0 atom stereocenters. The first-order valence-electron chi connectivity index (χ1n) is 5.02. The molecule has 0 aliphatic heterocycles. The lowest BCUT2D eigenvalue weighted by molar-refractivity contribution is 0.925. The van der Waals surface area contributed by atoms with Crippen molar-refractivity contribution in [2.24, 2.45) is 5.73 Å². The molecular formula is C12H12ClN3. The van der Waals surface area contributed by atoms with E-state index in [2.05, 4.69) is 9.97 Å². The Morgan fingerprint density at radius 2 is 1.62 bits per heavy atom. The molecule has 1 aromatic heterocycles. The third-order valence-electron chi connectivity index (χ3n) is 2.27. The Morgan fingerprint density at radius 3 is 2.19 bits per heavy atom. The summed E-state index contributed by atoms with van der Waals surface area (Å²) >= 11 is 5.81. The van der Waals surface area contributed by atoms with Crippen LogP contribution in [0.2, 0.25) is 5.02 Å². The van der Waals surface area contributed by atoms with Gasteiger partial charge in [0.1, 0.15) is 5.82 Å². The van der Waals surface area contributed by atoms with Gasteiger partial charge in [-0.25, -0.2) is 9.97 Å². The number of halogens is 1. The minimum atomic E-state index is 0.473. The summed E-state index contributed by atoms with van der Waals surface area (Å²) in [4.78, 5) is 8.49. The second kappa shape index (κ2) is 5.05. The topological polar surface area (TPSA) is 51.8 Å². The SMILES string of the molecule is NCc1cnc(Cc2ccc(Cl)cc2)nc1. The maximum Gasteiger partial charge on any atom is 0.132 e. The number of hydrogen-bond donors (Lipinski definition) is 1. The molecule has 0 aliphatic carbocycles. The van der Waals surface area contributed by atoms with E-state index >= 15 is 0 Å². The summed E-state index contributed by atoms with van der Waals surface area (Å²) < 4.78 is 0. The van der Waals surface area contributed by atoms with Gasteiger partial charge in [0.05, 0.1) is 0 Å². The summed E-state index contributed by atoms with van der Waals surface area (Å²) in [6.07, 6.45) is 4.23. The molecule has 16 heavy (non-hydrogen) atoms. The van der Waals surface area contributed by atoms with E-state index in [-0.39, 0.29) is 0 Å². The minimum Gasteiger partial charge on any atom is -0.326 e. The Kier molecular flexibility index (Phi) is 3.49. The predicted molar refractivity (Wildman–Crippen MR) is 64.2 cm³/mol. The Balaban J connectivity index is 2.11. The van der Waals surface area contributed by atoms with Crippen molar-refractivity contribution in [1.82, 2.24) is 9.97 Å². The third-order valence-corrected chi connectivity index (χ3v) is 2.52. The van der Waals surface area contributed by atoms with Crippen LogP contribution in [0.4, 0.5) is 0 Å². The number of nitrogens with two attached hydrogens (primary N) is 1. The van der Waals surface area contributed by atoms with E-state index in [0.29, 0.717) is 13.0 Å². The van der Waals surface area contributed by atoms with E-state index in [9.17, 15) is 0 Å². The van der Waals surface area contributed by atoms with Gasteiger partial charge in [-0.15, -0.1) is 0 Å². The number of benzene rings is 1. The van der Waals surface area contributed by atoms with Crippen LogP contribution in [0.5, 0.6) is 0 Å². The molecule has 0 bridgehead atoms. The van der Waals surface area contributed by atoms with Crippen LogP contribution >= 0.6 is 11.6 Å². The highest BCUT2D eigenvalue weighted by Gasteiger charge is 1.99. The zero-order valence-electron chi connectivity index (χ0n) is 8.73. The molecule has 0 saturated carbocycles. The van der Waals surface area contributed by atoms with E-state index in [1.54, 1.807) is 12.4 Å². The molecular weight excluding hydrogens is 222 g/mol. The average molecular weight is 234 g/mol. The monoisotopic (exact) mass is 233 g/mol. The molecule has 1 heterocycles. The van der Waals surface area contributed by atoms with Crippen molar-refractivity contribution in [1.29, 1.82) is 0 Å². The zero-order valence-corrected chi connectivity index (χ0v) is 9.48. The van der Waals surface area contributed by atoms with Gasteiger partial charge in [0.15, 0.2) is 0 Å². The van der Waals surface area contributed by atoms with E-state index in [1.807, 2.05) is 24.3 Å². The van der Waals surface area contributed by atoms with Gasteiger partial charge in [-0.05, 0) is 17.7 Å². The highest BCUT2D eigenvalue weighted by Crippen LogP contribution is 2.11. The molecule has 0 aliphatic rings. The maximum absolute atomic E-state index is 5.81. The van der Waals surface area contributed by atoms with Gasteiger partial charge < -0.3 is 5.73 Å². The lowest BCUT2D eigenvalue weighted by Gasteiger charge is -2.01. The second-order valence-corrected chi connectivity index (χ2v) is 3.95. The van der Waals surface area contributed by atoms with Crippen molar-refractivity contribution in [2.45, 2.75) is 13.0 Å². The number of nitrogens with zero attached hydrogens (tertiary/aromatic N) is 2. The zero-order chi connectivity index (χ0) is 11.4. The Hall–Kier alpha value is -1.45. The van der Waals surface area contributed by atoms with Crippen LogP contribution in [-0.2, 0) is 13.0 Å². The molecule has 0 fully saturated rings. The van der Waals surface area contributed by atoms with Crippen LogP contribution < -0.4 is 5.73 Å². The van der Waals surface area contributed by atoms with Gasteiger partial charge in [-0.2, -0.15) is 0 Å². The van der Waals surface area contributed by atoms with Gasteiger partial charge in [-0.3, -0.25) is 0 Å². The van der Waals surface area contributed by atoms with Gasteiger partial charge in [-0.1, -0.05) is 23.7 Å². The molecule has 0 unspecified atom stereocenters. The molecule has 0 spiro atoms. The van der Waals surface area contributed by atoms with E-state index in [1.165, 1.54) is 0 Å². The number of hydrogen-bond acceptors (Lipinski definition) is 3. The van der Waals surface area contributed by atoms with E-state index in [0.717, 1.165) is 22.0 Å². The number of aromatic nitrogens is 2. The lowest BCUT2D eigenvalue weighted by Crippen LogP contribution is -2.01. The largest absolute Gasteiger partial charge is 0.326 e. The molecule has 4 heteroatoms. The van der Waals surface area contributed by atoms with Crippen molar-refractivity contribution in [2.75, 3.05) is 0 Å². The first-order valence-corrected chi connectivity index (χ1v) is 5.40. The van der Waals surface area contributed by atoms with Crippen LogP contribution in [-0.4, -0.2) is 9.97 Å². The van der Waals surface area contributed by atoms with E-state index in [4.69, 9.17) is 17.3 Å². The normalized spacial score (nSPS) is 10.4. The van der Waals surface area contributed by atoms with Crippen molar-refractivity contribution < 1.29 is 0 Å². The Bertz CT molecular complexity index is 451. The van der Waals surface area contributed by atoms with Crippen LogP contribution in [0.15, 0.2) is 36.7 Å². The Labute approximate surface area is 99.3 Å². The van der Waals surface area contributed by atoms with Crippen molar-refractivity contribution >= 4 is 11.6 Å². The average Bonchev–Trinajstić information content (AvgIpc) is 2.33. The van der Waals surface area contributed by atoms with Crippen LogP contribution in [0.3, 0.4) is 0 Å². The fourth-order valence-corrected chi connectivity index (χ4v) is 1.49. The summed E-state index contributed by atoms with van der Waals surface area (Å²) in [6, 6.07) is 7.68. The highest BCUT2D eigenvalue weighted by atomic mass is 35.5. The lowest BCUT2D eigenvalue weighted by atomic mass is 10.1. The molecule has 82 valence electrons. The summed E-state index contributed by atoms with van der Waals surface area (Å²) in [7, 11) is 0. The van der Waals surface area contributed by atoms with Crippen LogP contribution in [0, 0.1) is 0 Å². The predicted octanol–water partition coefficient (Wildman–Crippen LogP) is 2.18. The highest BCUT2D eigenvalue weighted by molar-refractivity contribution is 6.30. The van der Waals surface area contributed by atoms with Crippen molar-refractivity contribution in [3.63, 3.8) is 0 Å². The van der Waals surface area contributed by atoms with Crippen molar-refractivity contribution in [3.8, 4) is 0 Å². The fourth-order valence-electron chi connectivity index (χ4n) is 1.36. The minimum absolute atomic E-state index is 0.473. The van der Waals surface area contributed by atoms with Gasteiger partial charge in [0.2, 0.25) is 0 Å². The van der Waals surface area contributed by atoms with E-state index < -0.39 is 0 Å². The first kappa shape index (κ1) is 11.0.